The number of hydrogen-bond donors (Lipinski definition) is 1. The van der Waals surface area contributed by atoms with Gasteiger partial charge in [0, 0.05) is 18.0 Å². The first-order valence-electron chi connectivity index (χ1n) is 6.56. The lowest BCUT2D eigenvalue weighted by Crippen LogP contribution is -2.50. The first kappa shape index (κ1) is 13.9. The molecular weight excluding hydrogens is 289 g/mol. The summed E-state index contributed by atoms with van der Waals surface area (Å²) in [4.78, 5) is 14.9. The topological polar surface area (TPSA) is 32.3 Å². The van der Waals surface area contributed by atoms with Gasteiger partial charge in [0.1, 0.15) is 5.54 Å². The maximum Gasteiger partial charge on any atom is 0.406 e. The molecule has 1 aliphatic heterocycles. The Morgan fingerprint density at radius 3 is 2.85 bits per heavy atom. The highest BCUT2D eigenvalue weighted by atomic mass is 32.1. The van der Waals surface area contributed by atoms with Crippen LogP contribution in [0.4, 0.5) is 13.2 Å². The standard InChI is InChI=1S/C13H15F3N2OS/c14-13(15,16)12(3-4-12)17-7-11(19)18-5-1-10-9(8-18)2-6-20-10/h2,6,17H,1,3-5,7-8H2. The molecule has 110 valence electrons. The second kappa shape index (κ2) is 4.73. The lowest BCUT2D eigenvalue weighted by molar-refractivity contribution is -0.166. The Kier molecular flexibility index (Phi) is 3.29. The van der Waals surface area contributed by atoms with Crippen molar-refractivity contribution in [1.29, 1.82) is 0 Å². The fourth-order valence-corrected chi connectivity index (χ4v) is 3.39. The van der Waals surface area contributed by atoms with Crippen LogP contribution < -0.4 is 5.32 Å². The maximum atomic E-state index is 12.8. The van der Waals surface area contributed by atoms with Gasteiger partial charge in [0.15, 0.2) is 0 Å². The molecule has 3 rings (SSSR count). The molecule has 1 aromatic heterocycles. The van der Waals surface area contributed by atoms with Crippen LogP contribution in [0.15, 0.2) is 11.4 Å². The number of carbonyl (C=O) groups excluding carboxylic acids is 1. The normalized spacial score (nSPS) is 20.6. The smallest absolute Gasteiger partial charge is 0.337 e. The van der Waals surface area contributed by atoms with Gasteiger partial charge < -0.3 is 4.90 Å². The molecule has 1 fully saturated rings. The highest BCUT2D eigenvalue weighted by Gasteiger charge is 2.63. The van der Waals surface area contributed by atoms with Gasteiger partial charge in [0.05, 0.1) is 6.54 Å². The monoisotopic (exact) mass is 304 g/mol. The molecule has 1 aromatic rings. The van der Waals surface area contributed by atoms with Gasteiger partial charge in [-0.25, -0.2) is 0 Å². The predicted octanol–water partition coefficient (Wildman–Crippen LogP) is 2.32. The van der Waals surface area contributed by atoms with Crippen molar-refractivity contribution in [3.63, 3.8) is 0 Å². The van der Waals surface area contributed by atoms with E-state index in [0.29, 0.717) is 13.1 Å². The highest BCUT2D eigenvalue weighted by molar-refractivity contribution is 7.10. The summed E-state index contributed by atoms with van der Waals surface area (Å²) in [7, 11) is 0. The van der Waals surface area contributed by atoms with Crippen LogP contribution in [0.25, 0.3) is 0 Å². The fraction of sp³-hybridized carbons (Fsp3) is 0.615. The molecule has 1 saturated carbocycles. The van der Waals surface area contributed by atoms with E-state index in [1.807, 2.05) is 11.4 Å². The van der Waals surface area contributed by atoms with Crippen LogP contribution in [0.2, 0.25) is 0 Å². The Balaban J connectivity index is 1.56. The zero-order valence-electron chi connectivity index (χ0n) is 10.8. The van der Waals surface area contributed by atoms with Crippen LogP contribution in [-0.2, 0) is 17.8 Å². The molecular formula is C13H15F3N2OS. The number of thiophene rings is 1. The highest BCUT2D eigenvalue weighted by Crippen LogP contribution is 2.48. The number of alkyl halides is 3. The minimum atomic E-state index is -4.27. The van der Waals surface area contributed by atoms with Crippen molar-refractivity contribution in [3.05, 3.63) is 21.9 Å². The van der Waals surface area contributed by atoms with E-state index in [2.05, 4.69) is 5.32 Å². The van der Waals surface area contributed by atoms with E-state index in [4.69, 9.17) is 0 Å². The van der Waals surface area contributed by atoms with E-state index >= 15 is 0 Å². The molecule has 0 bridgehead atoms. The van der Waals surface area contributed by atoms with Crippen molar-refractivity contribution >= 4 is 17.2 Å². The van der Waals surface area contributed by atoms with Crippen LogP contribution in [0.1, 0.15) is 23.3 Å². The fourth-order valence-electron chi connectivity index (χ4n) is 2.50. The van der Waals surface area contributed by atoms with Crippen molar-refractivity contribution in [2.75, 3.05) is 13.1 Å². The number of carbonyl (C=O) groups is 1. The van der Waals surface area contributed by atoms with Gasteiger partial charge >= 0.3 is 6.18 Å². The van der Waals surface area contributed by atoms with Crippen LogP contribution >= 0.6 is 11.3 Å². The summed E-state index contributed by atoms with van der Waals surface area (Å²) >= 11 is 1.67. The molecule has 0 atom stereocenters. The lowest BCUT2D eigenvalue weighted by Gasteiger charge is -2.28. The number of nitrogens with one attached hydrogen (secondary N) is 1. The predicted molar refractivity (Wildman–Crippen MR) is 69.5 cm³/mol. The van der Waals surface area contributed by atoms with E-state index in [1.165, 1.54) is 4.88 Å². The van der Waals surface area contributed by atoms with Gasteiger partial charge in [-0.2, -0.15) is 13.2 Å². The molecule has 20 heavy (non-hydrogen) atoms. The molecule has 2 aliphatic rings. The van der Waals surface area contributed by atoms with Crippen LogP contribution in [0.5, 0.6) is 0 Å². The largest absolute Gasteiger partial charge is 0.406 e. The molecule has 1 N–H and O–H groups in total. The summed E-state index contributed by atoms with van der Waals surface area (Å²) in [6.07, 6.45) is -3.34. The van der Waals surface area contributed by atoms with Crippen LogP contribution in [0, 0.1) is 0 Å². The molecule has 1 amide bonds. The second-order valence-electron chi connectivity index (χ2n) is 5.37. The number of nitrogens with zero attached hydrogens (tertiary/aromatic N) is 1. The van der Waals surface area contributed by atoms with Gasteiger partial charge in [0.25, 0.3) is 0 Å². The quantitative estimate of drug-likeness (QED) is 0.929. The van der Waals surface area contributed by atoms with E-state index in [0.717, 1.165) is 12.0 Å². The van der Waals surface area contributed by atoms with E-state index in [-0.39, 0.29) is 25.3 Å². The Bertz CT molecular complexity index is 522. The van der Waals surface area contributed by atoms with E-state index < -0.39 is 11.7 Å². The molecule has 0 radical (unpaired) electrons. The van der Waals surface area contributed by atoms with Crippen molar-refractivity contribution in [2.45, 2.75) is 37.5 Å². The summed E-state index contributed by atoms with van der Waals surface area (Å²) in [5.74, 6) is -0.252. The number of hydrogen-bond acceptors (Lipinski definition) is 3. The second-order valence-corrected chi connectivity index (χ2v) is 6.37. The molecule has 0 saturated heterocycles. The van der Waals surface area contributed by atoms with E-state index in [1.54, 1.807) is 16.2 Å². The third-order valence-electron chi connectivity index (χ3n) is 4.03. The average Bonchev–Trinajstić information content (AvgIpc) is 3.06. The minimum absolute atomic E-state index is 0.0679. The van der Waals surface area contributed by atoms with Gasteiger partial charge in [-0.15, -0.1) is 11.3 Å². The van der Waals surface area contributed by atoms with Crippen molar-refractivity contribution in [2.24, 2.45) is 0 Å². The average molecular weight is 304 g/mol. The van der Waals surface area contributed by atoms with Gasteiger partial charge in [-0.05, 0) is 36.3 Å². The Morgan fingerprint density at radius 1 is 1.45 bits per heavy atom. The maximum absolute atomic E-state index is 12.8. The first-order valence-corrected chi connectivity index (χ1v) is 7.44. The summed E-state index contributed by atoms with van der Waals surface area (Å²) in [5, 5.41) is 4.40. The zero-order chi connectivity index (χ0) is 14.4. The Morgan fingerprint density at radius 2 is 2.20 bits per heavy atom. The number of halogens is 3. The van der Waals surface area contributed by atoms with Crippen LogP contribution in [-0.4, -0.2) is 35.6 Å². The summed E-state index contributed by atoms with van der Waals surface area (Å²) < 4.78 is 38.3. The molecule has 0 aromatic carbocycles. The molecule has 2 heterocycles. The van der Waals surface area contributed by atoms with Crippen molar-refractivity contribution in [3.8, 4) is 0 Å². The SMILES string of the molecule is O=C(CNC1(C(F)(F)F)CC1)N1CCc2sccc2C1. The van der Waals surface area contributed by atoms with Crippen LogP contribution in [0.3, 0.4) is 0 Å². The summed E-state index contributed by atoms with van der Waals surface area (Å²) in [6.45, 7) is 0.865. The Labute approximate surface area is 118 Å². The number of fused-ring (bicyclic) bond motifs is 1. The lowest BCUT2D eigenvalue weighted by atomic mass is 10.1. The zero-order valence-corrected chi connectivity index (χ0v) is 11.6. The summed E-state index contributed by atoms with van der Waals surface area (Å²) in [6, 6.07) is 1.98. The molecule has 7 heteroatoms. The first-order chi connectivity index (χ1) is 9.41. The number of amides is 1. The molecule has 0 unspecified atom stereocenters. The van der Waals surface area contributed by atoms with Crippen molar-refractivity contribution in [1.82, 2.24) is 10.2 Å². The van der Waals surface area contributed by atoms with Gasteiger partial charge in [0.2, 0.25) is 5.91 Å². The minimum Gasteiger partial charge on any atom is -0.337 e. The third-order valence-corrected chi connectivity index (χ3v) is 5.05. The molecule has 3 nitrogen and oxygen atoms in total. The molecule has 1 aliphatic carbocycles. The number of rotatable bonds is 3. The van der Waals surface area contributed by atoms with E-state index in [9.17, 15) is 18.0 Å². The molecule has 0 spiro atoms. The third kappa shape index (κ3) is 2.44. The Hall–Kier alpha value is -1.08. The van der Waals surface area contributed by atoms with Gasteiger partial charge in [-0.3, -0.25) is 10.1 Å². The van der Waals surface area contributed by atoms with Crippen molar-refractivity contribution < 1.29 is 18.0 Å². The summed E-state index contributed by atoms with van der Waals surface area (Å²) in [5.41, 5.74) is -0.696. The van der Waals surface area contributed by atoms with Gasteiger partial charge in [-0.1, -0.05) is 0 Å².